The maximum absolute atomic E-state index is 5.68. The predicted molar refractivity (Wildman–Crippen MR) is 80.3 cm³/mol. The Morgan fingerprint density at radius 2 is 1.94 bits per heavy atom. The van der Waals surface area contributed by atoms with Crippen molar-refractivity contribution in [1.29, 1.82) is 0 Å². The third-order valence-corrected chi connectivity index (χ3v) is 3.85. The molecule has 0 aliphatic rings. The van der Waals surface area contributed by atoms with Crippen LogP contribution < -0.4 is 5.73 Å². The first-order valence-electron chi connectivity index (χ1n) is 5.52. The van der Waals surface area contributed by atoms with Crippen LogP contribution in [0.1, 0.15) is 5.56 Å². The molecule has 0 spiro atoms. The van der Waals surface area contributed by atoms with Gasteiger partial charge in [0.15, 0.2) is 5.65 Å². The molecule has 0 aliphatic heterocycles. The molecule has 0 unspecified atom stereocenters. The molecular weight excluding hydrogens is 339 g/mol. The van der Waals surface area contributed by atoms with Crippen molar-refractivity contribution in [2.45, 2.75) is 6.92 Å². The van der Waals surface area contributed by atoms with Crippen LogP contribution in [0.5, 0.6) is 0 Å². The van der Waals surface area contributed by atoms with Crippen molar-refractivity contribution in [2.24, 2.45) is 0 Å². The average Bonchev–Trinajstić information content (AvgIpc) is 2.73. The number of aryl methyl sites for hydroxylation is 1. The van der Waals surface area contributed by atoms with E-state index in [0.717, 1.165) is 31.9 Å². The number of hydrogen-bond acceptors (Lipinski definition) is 3. The summed E-state index contributed by atoms with van der Waals surface area (Å²) in [6.07, 6.45) is 1.93. The second kappa shape index (κ2) is 4.24. The number of fused-ring (bicyclic) bond motifs is 1. The molecule has 2 heterocycles. The van der Waals surface area contributed by atoms with E-state index in [1.165, 1.54) is 0 Å². The number of hydrogen-bond donors (Lipinski definition) is 1. The normalized spacial score (nSPS) is 11.0. The number of rotatable bonds is 1. The Morgan fingerprint density at radius 1 is 1.22 bits per heavy atom. The lowest BCUT2D eigenvalue weighted by Gasteiger charge is -1.96. The van der Waals surface area contributed by atoms with Crippen LogP contribution in [0.4, 0.5) is 5.69 Å². The van der Waals surface area contributed by atoms with E-state index < -0.39 is 0 Å². The molecule has 90 valence electrons. The number of nitrogen functional groups attached to an aromatic ring is 1. The molecule has 0 atom stereocenters. The number of anilines is 1. The van der Waals surface area contributed by atoms with Gasteiger partial charge in [0, 0.05) is 11.3 Å². The lowest BCUT2D eigenvalue weighted by Crippen LogP contribution is -1.95. The first-order chi connectivity index (χ1) is 8.63. The number of halogens is 1. The van der Waals surface area contributed by atoms with Crippen LogP contribution >= 0.6 is 22.6 Å². The lowest BCUT2D eigenvalue weighted by atomic mass is 10.1. The van der Waals surface area contributed by atoms with E-state index in [-0.39, 0.29) is 0 Å². The van der Waals surface area contributed by atoms with Crippen LogP contribution in [0.15, 0.2) is 36.5 Å². The van der Waals surface area contributed by atoms with E-state index in [1.54, 1.807) is 4.52 Å². The molecule has 0 saturated heterocycles. The zero-order valence-corrected chi connectivity index (χ0v) is 11.9. The Bertz CT molecular complexity index is 677. The van der Waals surface area contributed by atoms with Gasteiger partial charge in [-0.1, -0.05) is 12.1 Å². The van der Waals surface area contributed by atoms with Gasteiger partial charge < -0.3 is 5.73 Å². The largest absolute Gasteiger partial charge is 0.399 e. The van der Waals surface area contributed by atoms with Gasteiger partial charge in [-0.05, 0) is 53.3 Å². The average molecular weight is 350 g/mol. The molecule has 18 heavy (non-hydrogen) atoms. The number of benzene rings is 1. The third-order valence-electron chi connectivity index (χ3n) is 2.79. The SMILES string of the molecule is Cc1cc2nc(-c3ccc(N)cc3)cn2nc1I. The monoisotopic (exact) mass is 350 g/mol. The molecule has 0 fully saturated rings. The number of nitrogens with zero attached hydrogens (tertiary/aromatic N) is 3. The van der Waals surface area contributed by atoms with E-state index >= 15 is 0 Å². The van der Waals surface area contributed by atoms with E-state index in [2.05, 4.69) is 32.7 Å². The molecule has 5 heteroatoms. The summed E-state index contributed by atoms with van der Waals surface area (Å²) in [5.41, 5.74) is 10.4. The van der Waals surface area contributed by atoms with Crippen LogP contribution in [-0.2, 0) is 0 Å². The molecule has 0 bridgehead atoms. The van der Waals surface area contributed by atoms with Crippen LogP contribution in [0.2, 0.25) is 0 Å². The van der Waals surface area contributed by atoms with Crippen molar-refractivity contribution in [2.75, 3.05) is 5.73 Å². The molecule has 0 aliphatic carbocycles. The highest BCUT2D eigenvalue weighted by molar-refractivity contribution is 14.1. The van der Waals surface area contributed by atoms with Gasteiger partial charge in [-0.3, -0.25) is 0 Å². The van der Waals surface area contributed by atoms with Gasteiger partial charge in [0.1, 0.15) is 3.70 Å². The van der Waals surface area contributed by atoms with Crippen molar-refractivity contribution >= 4 is 33.9 Å². The lowest BCUT2D eigenvalue weighted by molar-refractivity contribution is 0.903. The minimum Gasteiger partial charge on any atom is -0.399 e. The second-order valence-electron chi connectivity index (χ2n) is 4.17. The highest BCUT2D eigenvalue weighted by Gasteiger charge is 2.07. The van der Waals surface area contributed by atoms with Gasteiger partial charge in [-0.25, -0.2) is 9.50 Å². The summed E-state index contributed by atoms with van der Waals surface area (Å²) in [6.45, 7) is 2.03. The molecule has 0 radical (unpaired) electrons. The van der Waals surface area contributed by atoms with Crippen molar-refractivity contribution in [3.05, 3.63) is 45.8 Å². The first-order valence-corrected chi connectivity index (χ1v) is 6.60. The molecule has 1 aromatic carbocycles. The van der Waals surface area contributed by atoms with Crippen molar-refractivity contribution in [3.63, 3.8) is 0 Å². The summed E-state index contributed by atoms with van der Waals surface area (Å²) < 4.78 is 2.79. The third kappa shape index (κ3) is 1.94. The molecule has 3 rings (SSSR count). The Labute approximate surface area is 118 Å². The van der Waals surface area contributed by atoms with Crippen LogP contribution in [0, 0.1) is 10.6 Å². The van der Waals surface area contributed by atoms with Gasteiger partial charge in [-0.15, -0.1) is 0 Å². The fourth-order valence-electron chi connectivity index (χ4n) is 1.78. The standard InChI is InChI=1S/C13H11IN4/c1-8-6-12-16-11(7-18(12)17-13(8)14)9-2-4-10(15)5-3-9/h2-7H,15H2,1H3. The molecule has 3 aromatic rings. The van der Waals surface area contributed by atoms with E-state index in [4.69, 9.17) is 5.73 Å². The van der Waals surface area contributed by atoms with Gasteiger partial charge in [0.2, 0.25) is 0 Å². The van der Waals surface area contributed by atoms with Gasteiger partial charge >= 0.3 is 0 Å². The number of nitrogens with two attached hydrogens (primary N) is 1. The molecular formula is C13H11IN4. The quantitative estimate of drug-likeness (QED) is 0.542. The van der Waals surface area contributed by atoms with E-state index in [9.17, 15) is 0 Å². The topological polar surface area (TPSA) is 56.2 Å². The zero-order valence-electron chi connectivity index (χ0n) is 9.76. The summed E-state index contributed by atoms with van der Waals surface area (Å²) in [4.78, 5) is 4.57. The summed E-state index contributed by atoms with van der Waals surface area (Å²) in [5.74, 6) is 0. The molecule has 0 amide bonds. The summed E-state index contributed by atoms with van der Waals surface area (Å²) >= 11 is 2.22. The zero-order chi connectivity index (χ0) is 12.7. The fourth-order valence-corrected chi connectivity index (χ4v) is 2.17. The van der Waals surface area contributed by atoms with Crippen LogP contribution in [-0.4, -0.2) is 14.6 Å². The Hall–Kier alpha value is -1.63. The Kier molecular flexibility index (Phi) is 2.70. The Morgan fingerprint density at radius 3 is 2.67 bits per heavy atom. The minimum atomic E-state index is 0.756. The van der Waals surface area contributed by atoms with Crippen molar-refractivity contribution in [3.8, 4) is 11.3 Å². The smallest absolute Gasteiger partial charge is 0.154 e. The van der Waals surface area contributed by atoms with Crippen molar-refractivity contribution < 1.29 is 0 Å². The number of aromatic nitrogens is 3. The van der Waals surface area contributed by atoms with Crippen LogP contribution in [0.3, 0.4) is 0 Å². The van der Waals surface area contributed by atoms with Crippen molar-refractivity contribution in [1.82, 2.24) is 14.6 Å². The maximum atomic E-state index is 5.68. The van der Waals surface area contributed by atoms with Gasteiger partial charge in [0.05, 0.1) is 11.9 Å². The van der Waals surface area contributed by atoms with Gasteiger partial charge in [-0.2, -0.15) is 5.10 Å². The highest BCUT2D eigenvalue weighted by atomic mass is 127. The summed E-state index contributed by atoms with van der Waals surface area (Å²) in [6, 6.07) is 9.73. The van der Waals surface area contributed by atoms with Crippen LogP contribution in [0.25, 0.3) is 16.9 Å². The predicted octanol–water partition coefficient (Wildman–Crippen LogP) is 2.89. The van der Waals surface area contributed by atoms with Gasteiger partial charge in [0.25, 0.3) is 0 Å². The Balaban J connectivity index is 2.16. The fraction of sp³-hybridized carbons (Fsp3) is 0.0769. The maximum Gasteiger partial charge on any atom is 0.154 e. The second-order valence-corrected chi connectivity index (χ2v) is 5.19. The highest BCUT2D eigenvalue weighted by Crippen LogP contribution is 2.21. The molecule has 0 saturated carbocycles. The number of imidazole rings is 1. The molecule has 2 N–H and O–H groups in total. The summed E-state index contributed by atoms with van der Waals surface area (Å²) in [7, 11) is 0. The minimum absolute atomic E-state index is 0.756. The molecule has 2 aromatic heterocycles. The first kappa shape index (κ1) is 11.5. The summed E-state index contributed by atoms with van der Waals surface area (Å²) in [5, 5.41) is 4.46. The van der Waals surface area contributed by atoms with E-state index in [0.29, 0.717) is 0 Å². The van der Waals surface area contributed by atoms with E-state index in [1.807, 2.05) is 43.5 Å². The molecule has 4 nitrogen and oxygen atoms in total.